The Hall–Kier alpha value is -2.29. The molecule has 0 atom stereocenters. The number of pyridine rings is 1. The Morgan fingerprint density at radius 1 is 1.06 bits per heavy atom. The van der Waals surface area contributed by atoms with Gasteiger partial charge in [-0.05, 0) is 36.6 Å². The second-order valence-corrected chi connectivity index (χ2v) is 4.22. The minimum absolute atomic E-state index is 0.780. The highest BCUT2D eigenvalue weighted by Gasteiger charge is 2.09. The van der Waals surface area contributed by atoms with Crippen LogP contribution in [0.1, 0.15) is 5.69 Å². The molecule has 0 aliphatic heterocycles. The van der Waals surface area contributed by atoms with Crippen LogP contribution in [-0.4, -0.2) is 16.7 Å². The van der Waals surface area contributed by atoms with E-state index in [0.717, 1.165) is 22.8 Å². The number of rotatable bonds is 2. The fourth-order valence-electron chi connectivity index (χ4n) is 2.13. The van der Waals surface area contributed by atoms with Crippen LogP contribution in [0.2, 0.25) is 0 Å². The molecule has 0 aliphatic carbocycles. The average molecular weight is 238 g/mol. The molecule has 3 nitrogen and oxygen atoms in total. The normalized spacial score (nSPS) is 10.8. The Labute approximate surface area is 106 Å². The van der Waals surface area contributed by atoms with Gasteiger partial charge in [0.25, 0.3) is 0 Å². The number of ether oxygens (including phenoxy) is 1. The molecule has 0 N–H and O–H groups in total. The second kappa shape index (κ2) is 4.18. The molecular weight excluding hydrogens is 224 g/mol. The molecule has 2 heterocycles. The van der Waals surface area contributed by atoms with Crippen molar-refractivity contribution < 1.29 is 4.74 Å². The van der Waals surface area contributed by atoms with Crippen LogP contribution in [0.3, 0.4) is 0 Å². The lowest BCUT2D eigenvalue weighted by Gasteiger charge is -2.10. The van der Waals surface area contributed by atoms with E-state index < -0.39 is 0 Å². The van der Waals surface area contributed by atoms with Crippen LogP contribution >= 0.6 is 0 Å². The summed E-state index contributed by atoms with van der Waals surface area (Å²) in [6, 6.07) is 14.2. The third-order valence-corrected chi connectivity index (χ3v) is 3.03. The lowest BCUT2D eigenvalue weighted by Crippen LogP contribution is -2.00. The summed E-state index contributed by atoms with van der Waals surface area (Å²) in [6.07, 6.45) is 2.02. The van der Waals surface area contributed by atoms with Crippen molar-refractivity contribution in [1.82, 2.24) is 9.55 Å². The number of methoxy groups -OCH3 is 1. The van der Waals surface area contributed by atoms with Crippen LogP contribution in [0.4, 0.5) is 0 Å². The molecule has 0 spiro atoms. The largest absolute Gasteiger partial charge is 0.493 e. The van der Waals surface area contributed by atoms with E-state index >= 15 is 0 Å². The van der Waals surface area contributed by atoms with Crippen LogP contribution < -0.4 is 4.74 Å². The topological polar surface area (TPSA) is 27.1 Å². The first-order valence-electron chi connectivity index (χ1n) is 5.88. The molecule has 0 fully saturated rings. The van der Waals surface area contributed by atoms with Crippen LogP contribution in [0.25, 0.3) is 16.7 Å². The zero-order valence-corrected chi connectivity index (χ0v) is 10.4. The lowest BCUT2D eigenvalue weighted by molar-refractivity contribution is 0.411. The van der Waals surface area contributed by atoms with Gasteiger partial charge >= 0.3 is 0 Å². The maximum atomic E-state index is 5.39. The molecule has 2 aromatic heterocycles. The minimum atomic E-state index is 0.780. The van der Waals surface area contributed by atoms with E-state index in [9.17, 15) is 0 Å². The quantitative estimate of drug-likeness (QED) is 0.684. The standard InChI is InChI=1S/C15H14N2O/c1-11-7-8-14(18-2)15(16-11)17-10-9-12-5-3-4-6-13(12)17/h3-10H,1-2H3. The summed E-state index contributed by atoms with van der Waals surface area (Å²) < 4.78 is 7.45. The fourth-order valence-corrected chi connectivity index (χ4v) is 2.13. The van der Waals surface area contributed by atoms with E-state index in [-0.39, 0.29) is 0 Å². The molecule has 1 aromatic carbocycles. The number of aromatic nitrogens is 2. The van der Waals surface area contributed by atoms with E-state index in [1.165, 1.54) is 5.39 Å². The third-order valence-electron chi connectivity index (χ3n) is 3.03. The number of nitrogens with zero attached hydrogens (tertiary/aromatic N) is 2. The van der Waals surface area contributed by atoms with Gasteiger partial charge in [-0.15, -0.1) is 0 Å². The first-order chi connectivity index (χ1) is 8.79. The molecule has 3 heteroatoms. The van der Waals surface area contributed by atoms with Crippen molar-refractivity contribution in [3.8, 4) is 11.6 Å². The third kappa shape index (κ3) is 1.64. The van der Waals surface area contributed by atoms with Gasteiger partial charge in [-0.2, -0.15) is 0 Å². The van der Waals surface area contributed by atoms with Crippen molar-refractivity contribution in [2.24, 2.45) is 0 Å². The Bertz CT molecular complexity index is 701. The number of fused-ring (bicyclic) bond motifs is 1. The number of para-hydroxylation sites is 1. The number of hydrogen-bond donors (Lipinski definition) is 0. The molecule has 18 heavy (non-hydrogen) atoms. The first kappa shape index (κ1) is 10.8. The molecule has 0 saturated carbocycles. The van der Waals surface area contributed by atoms with Gasteiger partial charge in [-0.3, -0.25) is 4.57 Å². The smallest absolute Gasteiger partial charge is 0.180 e. The molecule has 0 radical (unpaired) electrons. The first-order valence-corrected chi connectivity index (χ1v) is 5.88. The molecule has 0 bridgehead atoms. The van der Waals surface area contributed by atoms with Crippen LogP contribution in [0.5, 0.6) is 5.75 Å². The Morgan fingerprint density at radius 2 is 1.89 bits per heavy atom. The van der Waals surface area contributed by atoms with Crippen molar-refractivity contribution in [2.75, 3.05) is 7.11 Å². The predicted molar refractivity (Wildman–Crippen MR) is 72.4 cm³/mol. The summed E-state index contributed by atoms with van der Waals surface area (Å²) in [5.41, 5.74) is 2.11. The maximum Gasteiger partial charge on any atom is 0.180 e. The van der Waals surface area contributed by atoms with Gasteiger partial charge < -0.3 is 4.74 Å². The summed E-state index contributed by atoms with van der Waals surface area (Å²) >= 11 is 0. The molecule has 3 rings (SSSR count). The van der Waals surface area contributed by atoms with Gasteiger partial charge in [0.15, 0.2) is 11.6 Å². The van der Waals surface area contributed by atoms with E-state index in [4.69, 9.17) is 4.74 Å². The molecule has 0 amide bonds. The highest BCUT2D eigenvalue weighted by Crippen LogP contribution is 2.25. The van der Waals surface area contributed by atoms with Gasteiger partial charge in [0.05, 0.1) is 12.6 Å². The van der Waals surface area contributed by atoms with E-state index in [0.29, 0.717) is 0 Å². The highest BCUT2D eigenvalue weighted by atomic mass is 16.5. The summed E-state index contributed by atoms with van der Waals surface area (Å²) in [5, 5.41) is 1.20. The molecular formula is C15H14N2O. The highest BCUT2D eigenvalue weighted by molar-refractivity contribution is 5.82. The lowest BCUT2D eigenvalue weighted by atomic mass is 10.2. The average Bonchev–Trinajstić information content (AvgIpc) is 2.82. The van der Waals surface area contributed by atoms with Crippen molar-refractivity contribution in [1.29, 1.82) is 0 Å². The Balaban J connectivity index is 2.29. The number of benzene rings is 1. The monoisotopic (exact) mass is 238 g/mol. The maximum absolute atomic E-state index is 5.39. The van der Waals surface area contributed by atoms with Gasteiger partial charge in [-0.1, -0.05) is 18.2 Å². The van der Waals surface area contributed by atoms with Crippen molar-refractivity contribution >= 4 is 10.9 Å². The van der Waals surface area contributed by atoms with Crippen molar-refractivity contribution in [2.45, 2.75) is 6.92 Å². The molecule has 90 valence electrons. The number of aryl methyl sites for hydroxylation is 1. The van der Waals surface area contributed by atoms with Crippen molar-refractivity contribution in [3.05, 3.63) is 54.4 Å². The SMILES string of the molecule is COc1ccc(C)nc1-n1ccc2ccccc21. The van der Waals surface area contributed by atoms with Crippen LogP contribution in [-0.2, 0) is 0 Å². The van der Waals surface area contributed by atoms with Crippen LogP contribution in [0.15, 0.2) is 48.7 Å². The molecule has 0 aliphatic rings. The second-order valence-electron chi connectivity index (χ2n) is 4.22. The van der Waals surface area contributed by atoms with Crippen LogP contribution in [0, 0.1) is 6.92 Å². The summed E-state index contributed by atoms with van der Waals surface area (Å²) in [5.74, 6) is 1.61. The summed E-state index contributed by atoms with van der Waals surface area (Å²) in [4.78, 5) is 4.57. The molecule has 3 aromatic rings. The predicted octanol–water partition coefficient (Wildman–Crippen LogP) is 3.34. The zero-order valence-electron chi connectivity index (χ0n) is 10.4. The zero-order chi connectivity index (χ0) is 12.5. The summed E-state index contributed by atoms with van der Waals surface area (Å²) in [6.45, 7) is 1.98. The Morgan fingerprint density at radius 3 is 2.72 bits per heavy atom. The van der Waals surface area contributed by atoms with Gasteiger partial charge in [0, 0.05) is 11.9 Å². The van der Waals surface area contributed by atoms with Gasteiger partial charge in [0.2, 0.25) is 0 Å². The number of hydrogen-bond acceptors (Lipinski definition) is 2. The Kier molecular flexibility index (Phi) is 2.52. The van der Waals surface area contributed by atoms with E-state index in [2.05, 4.69) is 27.8 Å². The van der Waals surface area contributed by atoms with Crippen molar-refractivity contribution in [3.63, 3.8) is 0 Å². The van der Waals surface area contributed by atoms with Gasteiger partial charge in [0.1, 0.15) is 0 Å². The minimum Gasteiger partial charge on any atom is -0.493 e. The van der Waals surface area contributed by atoms with Gasteiger partial charge in [-0.25, -0.2) is 4.98 Å². The van der Waals surface area contributed by atoms with E-state index in [1.807, 2.05) is 37.4 Å². The molecule has 0 saturated heterocycles. The fraction of sp³-hybridized carbons (Fsp3) is 0.133. The molecule has 0 unspecified atom stereocenters. The van der Waals surface area contributed by atoms with E-state index in [1.54, 1.807) is 7.11 Å². The summed E-state index contributed by atoms with van der Waals surface area (Å²) in [7, 11) is 1.67.